The molecule has 0 aliphatic carbocycles. The third kappa shape index (κ3) is 9.62. The maximum Gasteiger partial charge on any atom is 0.296 e. The van der Waals surface area contributed by atoms with Gasteiger partial charge in [0, 0.05) is 11.1 Å². The normalized spacial score (nSPS) is 12.5. The van der Waals surface area contributed by atoms with Crippen molar-refractivity contribution in [3.8, 4) is 0 Å². The molecule has 0 bridgehead atoms. The maximum atomic E-state index is 12.8. The molecule has 51 heavy (non-hydrogen) atoms. The highest BCUT2D eigenvalue weighted by atomic mass is 32.3. The molecule has 0 aliphatic rings. The smallest absolute Gasteiger partial charge is 0.284 e. The van der Waals surface area contributed by atoms with Gasteiger partial charge < -0.3 is 0 Å². The van der Waals surface area contributed by atoms with Gasteiger partial charge in [0.05, 0.1) is 4.90 Å². The van der Waals surface area contributed by atoms with E-state index < -0.39 is 34.4 Å². The van der Waals surface area contributed by atoms with Gasteiger partial charge in [0.2, 0.25) is 0 Å². The van der Waals surface area contributed by atoms with Crippen molar-refractivity contribution in [3.05, 3.63) is 126 Å². The zero-order valence-electron chi connectivity index (χ0n) is 28.7. The zero-order chi connectivity index (χ0) is 37.1. The lowest BCUT2D eigenvalue weighted by molar-refractivity contribution is 0.438. The minimum atomic E-state index is -5.41. The first-order chi connectivity index (χ1) is 24.2. The summed E-state index contributed by atoms with van der Waals surface area (Å²) in [6.45, 7) is 2.24. The van der Waals surface area contributed by atoms with Gasteiger partial charge in [-0.3, -0.25) is 13.7 Å². The average Bonchev–Trinajstić information content (AvgIpc) is 3.08. The Morgan fingerprint density at radius 1 is 0.471 bits per heavy atom. The average molecular weight is 755 g/mol. The molecule has 0 unspecified atom stereocenters. The van der Waals surface area contributed by atoms with Crippen LogP contribution in [0.25, 0.3) is 21.5 Å². The molecule has 0 aromatic heterocycles. The van der Waals surface area contributed by atoms with Gasteiger partial charge in [-0.15, -0.1) is 0 Å². The third-order valence-corrected chi connectivity index (χ3v) is 13.6. The molecule has 0 radical (unpaired) electrons. The Morgan fingerprint density at radius 3 is 1.31 bits per heavy atom. The van der Waals surface area contributed by atoms with Crippen molar-refractivity contribution < 1.29 is 38.9 Å². The summed E-state index contributed by atoms with van der Waals surface area (Å²) in [5.74, 6) is 0. The van der Waals surface area contributed by atoms with Crippen LogP contribution in [0.1, 0.15) is 87.8 Å². The number of aryl methyl sites for hydroxylation is 1. The summed E-state index contributed by atoms with van der Waals surface area (Å²) in [6.07, 6.45) is 13.3. The van der Waals surface area contributed by atoms with E-state index in [-0.39, 0.29) is 26.8 Å². The first-order valence-electron chi connectivity index (χ1n) is 17.2. The van der Waals surface area contributed by atoms with Crippen LogP contribution in [0.2, 0.25) is 0 Å². The molecule has 0 atom stereocenters. The highest BCUT2D eigenvalue weighted by Gasteiger charge is 2.59. The fourth-order valence-electron chi connectivity index (χ4n) is 6.62. The molecule has 274 valence electrons. The van der Waals surface area contributed by atoms with Crippen molar-refractivity contribution in [2.24, 2.45) is 0 Å². The van der Waals surface area contributed by atoms with Crippen molar-refractivity contribution in [2.75, 3.05) is 0 Å². The predicted molar refractivity (Wildman–Crippen MR) is 204 cm³/mol. The lowest BCUT2D eigenvalue weighted by atomic mass is 9.94. The van der Waals surface area contributed by atoms with E-state index in [2.05, 4.69) is 6.92 Å². The summed E-state index contributed by atoms with van der Waals surface area (Å²) in [6, 6.07) is 28.7. The highest BCUT2D eigenvalue weighted by molar-refractivity contribution is 8.04. The van der Waals surface area contributed by atoms with Crippen molar-refractivity contribution in [3.63, 3.8) is 0 Å². The molecule has 0 saturated carbocycles. The summed E-state index contributed by atoms with van der Waals surface area (Å²) in [5, 5.41) is 1.67. The molecule has 5 rings (SSSR count). The summed E-state index contributed by atoms with van der Waals surface area (Å²) >= 11 is 0. The molecule has 5 aromatic carbocycles. The van der Waals surface area contributed by atoms with Crippen molar-refractivity contribution >= 4 is 51.9 Å². The Hall–Kier alpha value is -3.65. The Bertz CT molecular complexity index is 2130. The minimum Gasteiger partial charge on any atom is -0.284 e. The predicted octanol–water partition coefficient (Wildman–Crippen LogP) is 9.37. The van der Waals surface area contributed by atoms with Gasteiger partial charge in [0.1, 0.15) is 0 Å². The van der Waals surface area contributed by atoms with E-state index in [9.17, 15) is 38.9 Å². The van der Waals surface area contributed by atoms with Crippen LogP contribution in [0.3, 0.4) is 0 Å². The standard InChI is InChI=1S/C21H16O6S2.C18H30O3S/c22-28(23,24)21(29(25,26)27,19-13-5-9-15-7-1-3-11-17(15)19)20-14-6-10-16-8-2-4-12-18(16)20;1-2-3-4-5-6-7-8-9-10-11-14-17-15-12-13-16-18(17)22(19,20)21/h1-14H,(H,22,23,24)(H,25,26,27);12-13,15-16H,2-11,14H2,1H3,(H,19,20,21). The molecular formula is C39H46O9S3. The van der Waals surface area contributed by atoms with Gasteiger partial charge in [0.25, 0.3) is 34.4 Å². The van der Waals surface area contributed by atoms with Crippen molar-refractivity contribution in [2.45, 2.75) is 86.5 Å². The fourth-order valence-corrected chi connectivity index (χ4v) is 10.3. The van der Waals surface area contributed by atoms with Gasteiger partial charge in [0.15, 0.2) is 0 Å². The molecule has 0 spiro atoms. The van der Waals surface area contributed by atoms with E-state index in [4.69, 9.17) is 0 Å². The zero-order valence-corrected chi connectivity index (χ0v) is 31.1. The van der Waals surface area contributed by atoms with E-state index in [0.717, 1.165) is 18.4 Å². The van der Waals surface area contributed by atoms with Gasteiger partial charge in [-0.1, -0.05) is 168 Å². The Kier molecular flexibility index (Phi) is 13.9. The van der Waals surface area contributed by atoms with E-state index in [1.165, 1.54) is 81.7 Å². The molecule has 9 nitrogen and oxygen atoms in total. The second-order valence-corrected chi connectivity index (χ2v) is 17.4. The topological polar surface area (TPSA) is 163 Å². The molecule has 0 heterocycles. The van der Waals surface area contributed by atoms with E-state index in [0.29, 0.717) is 17.2 Å². The van der Waals surface area contributed by atoms with Crippen LogP contribution in [0.4, 0.5) is 0 Å². The Balaban J connectivity index is 0.000000239. The maximum absolute atomic E-state index is 12.8. The number of fused-ring (bicyclic) bond motifs is 2. The third-order valence-electron chi connectivity index (χ3n) is 9.07. The van der Waals surface area contributed by atoms with Crippen molar-refractivity contribution in [1.29, 1.82) is 0 Å². The molecule has 0 saturated heterocycles. The highest BCUT2D eigenvalue weighted by Crippen LogP contribution is 2.47. The van der Waals surface area contributed by atoms with Crippen LogP contribution in [0.15, 0.2) is 114 Å². The molecule has 0 fully saturated rings. The van der Waals surface area contributed by atoms with Gasteiger partial charge in [-0.05, 0) is 46.0 Å². The van der Waals surface area contributed by atoms with Gasteiger partial charge >= 0.3 is 0 Å². The number of rotatable bonds is 16. The first-order valence-corrected chi connectivity index (χ1v) is 21.5. The monoisotopic (exact) mass is 754 g/mol. The molecule has 3 N–H and O–H groups in total. The number of unbranched alkanes of at least 4 members (excludes halogenated alkanes) is 9. The summed E-state index contributed by atoms with van der Waals surface area (Å²) in [4.78, 5) is 0.0610. The van der Waals surface area contributed by atoms with Gasteiger partial charge in [-0.2, -0.15) is 25.3 Å². The van der Waals surface area contributed by atoms with Crippen molar-refractivity contribution in [1.82, 2.24) is 0 Å². The Labute approximate surface area is 302 Å². The number of hydrogen-bond acceptors (Lipinski definition) is 6. The molecule has 0 amide bonds. The SMILES string of the molecule is CCCCCCCCCCCCc1ccccc1S(=O)(=O)O.O=S(=O)(O)C(c1cccc2ccccc12)(c1cccc2ccccc12)S(=O)(=O)O. The minimum absolute atomic E-state index is 0.0610. The fraction of sp³-hybridized carbons (Fsp3) is 0.333. The quantitative estimate of drug-likeness (QED) is 0.0658. The van der Waals surface area contributed by atoms with Crippen LogP contribution in [-0.4, -0.2) is 38.9 Å². The van der Waals surface area contributed by atoms with E-state index in [1.807, 2.05) is 6.07 Å². The summed E-state index contributed by atoms with van der Waals surface area (Å²) < 4.78 is 101. The summed E-state index contributed by atoms with van der Waals surface area (Å²) in [5.41, 5.74) is 0.221. The van der Waals surface area contributed by atoms with Gasteiger partial charge in [-0.25, -0.2) is 0 Å². The molecular weight excluding hydrogens is 709 g/mol. The first kappa shape index (κ1) is 40.1. The van der Waals surface area contributed by atoms with Crippen LogP contribution in [-0.2, 0) is 40.9 Å². The van der Waals surface area contributed by atoms with Crippen LogP contribution in [0, 0.1) is 0 Å². The summed E-state index contributed by atoms with van der Waals surface area (Å²) in [7, 11) is -14.9. The molecule has 5 aromatic rings. The van der Waals surface area contributed by atoms with E-state index >= 15 is 0 Å². The second-order valence-electron chi connectivity index (χ2n) is 12.6. The van der Waals surface area contributed by atoms with Crippen LogP contribution >= 0.6 is 0 Å². The second kappa shape index (κ2) is 17.7. The lowest BCUT2D eigenvalue weighted by Crippen LogP contribution is -2.44. The lowest BCUT2D eigenvalue weighted by Gasteiger charge is -2.30. The van der Waals surface area contributed by atoms with E-state index in [1.54, 1.807) is 72.8 Å². The van der Waals surface area contributed by atoms with Crippen LogP contribution < -0.4 is 0 Å². The molecule has 0 aliphatic heterocycles. The number of hydrogen-bond donors (Lipinski definition) is 3. The molecule has 12 heteroatoms. The van der Waals surface area contributed by atoms with Crippen LogP contribution in [0.5, 0.6) is 0 Å². The largest absolute Gasteiger partial charge is 0.296 e. The number of benzene rings is 5. The Morgan fingerprint density at radius 2 is 0.863 bits per heavy atom.